The molecule has 0 saturated carbocycles. The Morgan fingerprint density at radius 3 is 2.21 bits per heavy atom. The van der Waals surface area contributed by atoms with Crippen LogP contribution in [0.25, 0.3) is 11.3 Å². The van der Waals surface area contributed by atoms with Crippen molar-refractivity contribution in [3.8, 4) is 34.3 Å². The number of nitrogens with one attached hydrogen (secondary N) is 1. The summed E-state index contributed by atoms with van der Waals surface area (Å²) < 4.78 is 22.4. The number of rotatable bonds is 10. The van der Waals surface area contributed by atoms with Crippen LogP contribution in [0.5, 0.6) is 23.0 Å². The summed E-state index contributed by atoms with van der Waals surface area (Å²) in [6.45, 7) is 0.300. The van der Waals surface area contributed by atoms with Gasteiger partial charge in [-0.05, 0) is 30.7 Å². The van der Waals surface area contributed by atoms with Gasteiger partial charge in [-0.15, -0.1) is 0 Å². The zero-order valence-corrected chi connectivity index (χ0v) is 19.1. The van der Waals surface area contributed by atoms with Gasteiger partial charge in [-0.3, -0.25) is 9.59 Å². The maximum atomic E-state index is 12.4. The van der Waals surface area contributed by atoms with Crippen LogP contribution in [-0.4, -0.2) is 44.1 Å². The topological polar surface area (TPSA) is 101 Å². The molecule has 1 N–H and O–H groups in total. The largest absolute Gasteiger partial charge is 0.497 e. The van der Waals surface area contributed by atoms with Crippen LogP contribution in [0.1, 0.15) is 12.8 Å². The molecule has 1 aromatic heterocycles. The van der Waals surface area contributed by atoms with Crippen molar-refractivity contribution in [1.82, 2.24) is 9.78 Å². The number of amides is 1. The molecule has 0 unspecified atom stereocenters. The third-order valence-corrected chi connectivity index (χ3v) is 4.95. The average Bonchev–Trinajstić information content (AvgIpc) is 2.84. The fourth-order valence-electron chi connectivity index (χ4n) is 3.25. The van der Waals surface area contributed by atoms with Crippen LogP contribution in [0.2, 0.25) is 0 Å². The molecule has 0 spiro atoms. The first-order chi connectivity index (χ1) is 16.0. The zero-order valence-electron chi connectivity index (χ0n) is 19.1. The van der Waals surface area contributed by atoms with Gasteiger partial charge >= 0.3 is 0 Å². The van der Waals surface area contributed by atoms with E-state index in [9.17, 15) is 9.59 Å². The third kappa shape index (κ3) is 6.03. The van der Waals surface area contributed by atoms with E-state index in [1.807, 2.05) is 6.07 Å². The van der Waals surface area contributed by atoms with Crippen molar-refractivity contribution >= 4 is 11.6 Å². The lowest BCUT2D eigenvalue weighted by atomic mass is 10.1. The molecule has 33 heavy (non-hydrogen) atoms. The van der Waals surface area contributed by atoms with Gasteiger partial charge in [0.05, 0.1) is 34.1 Å². The Morgan fingerprint density at radius 2 is 1.58 bits per heavy atom. The van der Waals surface area contributed by atoms with Crippen LogP contribution in [0.3, 0.4) is 0 Å². The van der Waals surface area contributed by atoms with E-state index in [0.29, 0.717) is 47.3 Å². The predicted molar refractivity (Wildman–Crippen MR) is 124 cm³/mol. The van der Waals surface area contributed by atoms with E-state index < -0.39 is 0 Å². The van der Waals surface area contributed by atoms with Crippen LogP contribution < -0.4 is 29.8 Å². The summed E-state index contributed by atoms with van der Waals surface area (Å²) in [6.07, 6.45) is 0.656. The van der Waals surface area contributed by atoms with E-state index in [1.54, 1.807) is 64.8 Å². The number of aryl methyl sites for hydroxylation is 1. The molecule has 174 valence electrons. The summed E-state index contributed by atoms with van der Waals surface area (Å²) in [5.74, 6) is 2.14. The lowest BCUT2D eigenvalue weighted by Gasteiger charge is -2.11. The van der Waals surface area contributed by atoms with E-state index in [4.69, 9.17) is 18.9 Å². The predicted octanol–water partition coefficient (Wildman–Crippen LogP) is 3.36. The van der Waals surface area contributed by atoms with Gasteiger partial charge in [-0.25, -0.2) is 4.68 Å². The second-order valence-corrected chi connectivity index (χ2v) is 7.10. The highest BCUT2D eigenvalue weighted by molar-refractivity contribution is 5.91. The van der Waals surface area contributed by atoms with Crippen molar-refractivity contribution in [3.63, 3.8) is 0 Å². The zero-order chi connectivity index (χ0) is 23.8. The van der Waals surface area contributed by atoms with Crippen molar-refractivity contribution in [2.75, 3.05) is 33.8 Å². The first-order valence-corrected chi connectivity index (χ1v) is 10.3. The van der Waals surface area contributed by atoms with E-state index in [-0.39, 0.29) is 17.9 Å². The van der Waals surface area contributed by atoms with Crippen molar-refractivity contribution in [1.29, 1.82) is 0 Å². The minimum Gasteiger partial charge on any atom is -0.497 e. The van der Waals surface area contributed by atoms with Crippen LogP contribution in [-0.2, 0) is 11.3 Å². The molecule has 0 aliphatic carbocycles. The molecule has 9 nitrogen and oxygen atoms in total. The van der Waals surface area contributed by atoms with Gasteiger partial charge in [0.1, 0.15) is 11.5 Å². The minimum absolute atomic E-state index is 0.186. The number of ether oxygens (including phenoxy) is 4. The Balaban J connectivity index is 1.65. The molecule has 0 radical (unpaired) electrons. The lowest BCUT2D eigenvalue weighted by Crippen LogP contribution is -2.23. The number of methoxy groups -OCH3 is 4. The van der Waals surface area contributed by atoms with Gasteiger partial charge in [-0.2, -0.15) is 5.10 Å². The molecule has 9 heteroatoms. The Kier molecular flexibility index (Phi) is 7.91. The number of benzene rings is 2. The Labute approximate surface area is 191 Å². The SMILES string of the molecule is COc1cc(NC(=O)CCCn2nc(-c3ccc(OC)c(OC)c3)ccc2=O)cc(OC)c1. The summed E-state index contributed by atoms with van der Waals surface area (Å²) in [5, 5.41) is 7.26. The number of anilines is 1. The number of hydrogen-bond acceptors (Lipinski definition) is 7. The van der Waals surface area contributed by atoms with E-state index in [2.05, 4.69) is 10.4 Å². The Morgan fingerprint density at radius 1 is 0.879 bits per heavy atom. The molecular formula is C24H27N3O6. The molecule has 0 aliphatic heterocycles. The highest BCUT2D eigenvalue weighted by Gasteiger charge is 2.10. The van der Waals surface area contributed by atoms with Crippen LogP contribution in [0, 0.1) is 0 Å². The normalized spacial score (nSPS) is 10.4. The molecule has 0 fully saturated rings. The number of nitrogens with zero attached hydrogens (tertiary/aromatic N) is 2. The third-order valence-electron chi connectivity index (χ3n) is 4.95. The molecule has 0 saturated heterocycles. The summed E-state index contributed by atoms with van der Waals surface area (Å²) in [4.78, 5) is 24.6. The lowest BCUT2D eigenvalue weighted by molar-refractivity contribution is -0.116. The van der Waals surface area contributed by atoms with Crippen molar-refractivity contribution in [2.45, 2.75) is 19.4 Å². The van der Waals surface area contributed by atoms with Crippen molar-refractivity contribution in [2.24, 2.45) is 0 Å². The molecule has 3 rings (SSSR count). The average molecular weight is 453 g/mol. The van der Waals surface area contributed by atoms with Crippen LogP contribution >= 0.6 is 0 Å². The first kappa shape index (κ1) is 23.6. The van der Waals surface area contributed by atoms with Gasteiger partial charge in [0, 0.05) is 48.5 Å². The van der Waals surface area contributed by atoms with Crippen molar-refractivity contribution in [3.05, 3.63) is 58.9 Å². The maximum Gasteiger partial charge on any atom is 0.266 e. The van der Waals surface area contributed by atoms with Gasteiger partial charge in [0.2, 0.25) is 5.91 Å². The van der Waals surface area contributed by atoms with Crippen molar-refractivity contribution < 1.29 is 23.7 Å². The number of carbonyl (C=O) groups is 1. The molecule has 2 aromatic carbocycles. The fourth-order valence-corrected chi connectivity index (χ4v) is 3.25. The Bertz CT molecular complexity index is 1150. The highest BCUT2D eigenvalue weighted by atomic mass is 16.5. The quantitative estimate of drug-likeness (QED) is 0.502. The molecule has 1 amide bonds. The summed E-state index contributed by atoms with van der Waals surface area (Å²) in [7, 11) is 6.21. The smallest absolute Gasteiger partial charge is 0.266 e. The summed E-state index contributed by atoms with van der Waals surface area (Å²) in [5.41, 5.74) is 1.73. The van der Waals surface area contributed by atoms with Gasteiger partial charge in [-0.1, -0.05) is 0 Å². The molecular weight excluding hydrogens is 426 g/mol. The molecule has 0 atom stereocenters. The first-order valence-electron chi connectivity index (χ1n) is 10.3. The summed E-state index contributed by atoms with van der Waals surface area (Å²) >= 11 is 0. The maximum absolute atomic E-state index is 12.4. The second-order valence-electron chi connectivity index (χ2n) is 7.10. The highest BCUT2D eigenvalue weighted by Crippen LogP contribution is 2.31. The monoisotopic (exact) mass is 453 g/mol. The van der Waals surface area contributed by atoms with Crippen LogP contribution in [0.15, 0.2) is 53.3 Å². The second kappa shape index (κ2) is 11.0. The molecule has 1 heterocycles. The molecule has 3 aromatic rings. The number of hydrogen-bond donors (Lipinski definition) is 1. The number of carbonyl (C=O) groups excluding carboxylic acids is 1. The van der Waals surface area contributed by atoms with E-state index >= 15 is 0 Å². The molecule has 0 aliphatic rings. The minimum atomic E-state index is -0.239. The van der Waals surface area contributed by atoms with Gasteiger partial charge < -0.3 is 24.3 Å². The Hall–Kier alpha value is -4.01. The van der Waals surface area contributed by atoms with Gasteiger partial charge in [0.15, 0.2) is 11.5 Å². The fraction of sp³-hybridized carbons (Fsp3) is 0.292. The van der Waals surface area contributed by atoms with E-state index in [1.165, 1.54) is 10.7 Å². The number of aromatic nitrogens is 2. The molecule has 0 bridgehead atoms. The van der Waals surface area contributed by atoms with E-state index in [0.717, 1.165) is 5.56 Å². The van der Waals surface area contributed by atoms with Gasteiger partial charge in [0.25, 0.3) is 5.56 Å². The standard InChI is InChI=1S/C24H27N3O6/c1-30-18-13-17(14-19(15-18)31-2)25-23(28)6-5-11-27-24(29)10-8-20(26-27)16-7-9-21(32-3)22(12-16)33-4/h7-10,12-15H,5-6,11H2,1-4H3,(H,25,28). The summed E-state index contributed by atoms with van der Waals surface area (Å²) in [6, 6.07) is 13.7. The van der Waals surface area contributed by atoms with Crippen LogP contribution in [0.4, 0.5) is 5.69 Å².